The van der Waals surface area contributed by atoms with Gasteiger partial charge in [0.05, 0.1) is 13.2 Å². The van der Waals surface area contributed by atoms with Gasteiger partial charge in [0.1, 0.15) is 5.84 Å². The van der Waals surface area contributed by atoms with Gasteiger partial charge >= 0.3 is 0 Å². The Morgan fingerprint density at radius 2 is 2.00 bits per heavy atom. The lowest BCUT2D eigenvalue weighted by Crippen LogP contribution is -2.37. The molecule has 92 valence electrons. The van der Waals surface area contributed by atoms with E-state index in [1.165, 1.54) is 0 Å². The minimum atomic E-state index is 0.155. The molecule has 0 amide bonds. The predicted octanol–water partition coefficient (Wildman–Crippen LogP) is 0.845. The number of nitrogen functional groups attached to an aromatic ring is 1. The molecule has 0 spiro atoms. The molecule has 17 heavy (non-hydrogen) atoms. The van der Waals surface area contributed by atoms with Crippen molar-refractivity contribution in [3.63, 3.8) is 0 Å². The number of nitrogens with two attached hydrogens (primary N) is 1. The molecular weight excluding hydrogens is 214 g/mol. The van der Waals surface area contributed by atoms with E-state index < -0.39 is 0 Å². The third kappa shape index (κ3) is 3.28. The van der Waals surface area contributed by atoms with Gasteiger partial charge in [0.2, 0.25) is 0 Å². The standard InChI is InChI=1S/C13H19N3O/c14-13(15)12-4-2-1-3-11(12)5-6-16-7-9-17-10-8-16/h1-4H,5-10H2,(H3,14,15). The van der Waals surface area contributed by atoms with Crippen LogP contribution in [0.15, 0.2) is 24.3 Å². The minimum Gasteiger partial charge on any atom is -0.384 e. The molecule has 0 saturated carbocycles. The van der Waals surface area contributed by atoms with Gasteiger partial charge in [-0.2, -0.15) is 0 Å². The zero-order chi connectivity index (χ0) is 12.1. The van der Waals surface area contributed by atoms with Crippen molar-refractivity contribution in [1.29, 1.82) is 5.41 Å². The fourth-order valence-electron chi connectivity index (χ4n) is 2.10. The summed E-state index contributed by atoms with van der Waals surface area (Å²) in [7, 11) is 0. The average molecular weight is 233 g/mol. The molecule has 4 nitrogen and oxygen atoms in total. The smallest absolute Gasteiger partial charge is 0.123 e. The molecule has 1 saturated heterocycles. The van der Waals surface area contributed by atoms with E-state index >= 15 is 0 Å². The van der Waals surface area contributed by atoms with Gasteiger partial charge in [-0.05, 0) is 12.0 Å². The van der Waals surface area contributed by atoms with Crippen molar-refractivity contribution in [1.82, 2.24) is 4.90 Å². The van der Waals surface area contributed by atoms with Crippen molar-refractivity contribution < 1.29 is 4.74 Å². The molecule has 3 N–H and O–H groups in total. The number of rotatable bonds is 4. The van der Waals surface area contributed by atoms with E-state index in [4.69, 9.17) is 15.9 Å². The van der Waals surface area contributed by atoms with Gasteiger partial charge in [-0.3, -0.25) is 10.3 Å². The Morgan fingerprint density at radius 3 is 2.71 bits per heavy atom. The Labute approximate surface area is 102 Å². The third-order valence-electron chi connectivity index (χ3n) is 3.11. The fourth-order valence-corrected chi connectivity index (χ4v) is 2.10. The monoisotopic (exact) mass is 233 g/mol. The summed E-state index contributed by atoms with van der Waals surface area (Å²) < 4.78 is 5.32. The van der Waals surface area contributed by atoms with Gasteiger partial charge in [0.15, 0.2) is 0 Å². The second-order valence-electron chi connectivity index (χ2n) is 4.27. The van der Waals surface area contributed by atoms with Crippen LogP contribution in [0.1, 0.15) is 11.1 Å². The lowest BCUT2D eigenvalue weighted by Gasteiger charge is -2.26. The molecule has 1 aromatic carbocycles. The van der Waals surface area contributed by atoms with Crippen LogP contribution in [0.3, 0.4) is 0 Å². The SMILES string of the molecule is N=C(N)c1ccccc1CCN1CCOCC1. The van der Waals surface area contributed by atoms with E-state index in [-0.39, 0.29) is 5.84 Å². The van der Waals surface area contributed by atoms with Gasteiger partial charge in [0.25, 0.3) is 0 Å². The Hall–Kier alpha value is -1.39. The van der Waals surface area contributed by atoms with Gasteiger partial charge in [-0.25, -0.2) is 0 Å². The first-order valence-electron chi connectivity index (χ1n) is 6.00. The maximum atomic E-state index is 7.54. The largest absolute Gasteiger partial charge is 0.384 e. The summed E-state index contributed by atoms with van der Waals surface area (Å²) in [5.74, 6) is 0.155. The maximum Gasteiger partial charge on any atom is 0.123 e. The minimum absolute atomic E-state index is 0.155. The molecule has 0 aromatic heterocycles. The van der Waals surface area contributed by atoms with Crippen LogP contribution in [0, 0.1) is 5.41 Å². The normalized spacial score (nSPS) is 16.9. The average Bonchev–Trinajstić information content (AvgIpc) is 2.38. The Balaban J connectivity index is 1.96. The van der Waals surface area contributed by atoms with Gasteiger partial charge < -0.3 is 10.5 Å². The van der Waals surface area contributed by atoms with Crippen molar-refractivity contribution in [2.45, 2.75) is 6.42 Å². The predicted molar refractivity (Wildman–Crippen MR) is 68.4 cm³/mol. The summed E-state index contributed by atoms with van der Waals surface area (Å²) >= 11 is 0. The molecule has 0 atom stereocenters. The van der Waals surface area contributed by atoms with E-state index in [0.717, 1.165) is 50.4 Å². The Bertz CT molecular complexity index is 386. The molecule has 1 aromatic rings. The Morgan fingerprint density at radius 1 is 1.29 bits per heavy atom. The summed E-state index contributed by atoms with van der Waals surface area (Å²) in [6.07, 6.45) is 0.940. The van der Waals surface area contributed by atoms with Crippen LogP contribution in [0.25, 0.3) is 0 Å². The van der Waals surface area contributed by atoms with Crippen LogP contribution < -0.4 is 5.73 Å². The van der Waals surface area contributed by atoms with Crippen molar-refractivity contribution in [3.8, 4) is 0 Å². The number of nitrogens with zero attached hydrogens (tertiary/aromatic N) is 1. The number of hydrogen-bond donors (Lipinski definition) is 2. The molecule has 0 radical (unpaired) electrons. The first-order chi connectivity index (χ1) is 8.27. The number of amidine groups is 1. The number of morpholine rings is 1. The van der Waals surface area contributed by atoms with Gasteiger partial charge in [-0.15, -0.1) is 0 Å². The topological polar surface area (TPSA) is 62.3 Å². The van der Waals surface area contributed by atoms with Crippen LogP contribution in [0.2, 0.25) is 0 Å². The molecular formula is C13H19N3O. The molecule has 0 unspecified atom stereocenters. The molecule has 4 heteroatoms. The van der Waals surface area contributed by atoms with E-state index in [1.807, 2.05) is 18.2 Å². The highest BCUT2D eigenvalue weighted by atomic mass is 16.5. The summed E-state index contributed by atoms with van der Waals surface area (Å²) in [6.45, 7) is 4.67. The van der Waals surface area contributed by atoms with Crippen LogP contribution in [0.4, 0.5) is 0 Å². The molecule has 0 bridgehead atoms. The lowest BCUT2D eigenvalue weighted by molar-refractivity contribution is 0.0384. The summed E-state index contributed by atoms with van der Waals surface area (Å²) in [5, 5.41) is 7.54. The van der Waals surface area contributed by atoms with Crippen molar-refractivity contribution in [2.24, 2.45) is 5.73 Å². The first kappa shape index (κ1) is 12.1. The molecule has 1 heterocycles. The van der Waals surface area contributed by atoms with E-state index in [1.54, 1.807) is 0 Å². The number of nitrogens with one attached hydrogen (secondary N) is 1. The molecule has 2 rings (SSSR count). The molecule has 1 aliphatic rings. The number of benzene rings is 1. The van der Waals surface area contributed by atoms with Gasteiger partial charge in [-0.1, -0.05) is 24.3 Å². The number of hydrogen-bond acceptors (Lipinski definition) is 3. The van der Waals surface area contributed by atoms with Crippen LogP contribution in [-0.2, 0) is 11.2 Å². The lowest BCUT2D eigenvalue weighted by atomic mass is 10.0. The first-order valence-corrected chi connectivity index (χ1v) is 6.00. The van der Waals surface area contributed by atoms with E-state index in [2.05, 4.69) is 11.0 Å². The Kier molecular flexibility index (Phi) is 4.12. The van der Waals surface area contributed by atoms with Crippen LogP contribution in [0.5, 0.6) is 0 Å². The van der Waals surface area contributed by atoms with Gasteiger partial charge in [0, 0.05) is 25.2 Å². The third-order valence-corrected chi connectivity index (χ3v) is 3.11. The summed E-state index contributed by atoms with van der Waals surface area (Å²) in [4.78, 5) is 2.39. The summed E-state index contributed by atoms with van der Waals surface area (Å²) in [6, 6.07) is 7.89. The zero-order valence-electron chi connectivity index (χ0n) is 9.98. The maximum absolute atomic E-state index is 7.54. The molecule has 1 aliphatic heterocycles. The van der Waals surface area contributed by atoms with Crippen molar-refractivity contribution >= 4 is 5.84 Å². The quantitative estimate of drug-likeness (QED) is 0.598. The fraction of sp³-hybridized carbons (Fsp3) is 0.462. The zero-order valence-corrected chi connectivity index (χ0v) is 9.98. The van der Waals surface area contributed by atoms with Crippen LogP contribution in [-0.4, -0.2) is 43.6 Å². The van der Waals surface area contributed by atoms with Crippen molar-refractivity contribution in [2.75, 3.05) is 32.8 Å². The highest BCUT2D eigenvalue weighted by Crippen LogP contribution is 2.10. The number of ether oxygens (including phenoxy) is 1. The van der Waals surface area contributed by atoms with E-state index in [9.17, 15) is 0 Å². The highest BCUT2D eigenvalue weighted by Gasteiger charge is 2.11. The molecule has 1 fully saturated rings. The molecule has 0 aliphatic carbocycles. The summed E-state index contributed by atoms with van der Waals surface area (Å²) in [5.41, 5.74) is 7.59. The van der Waals surface area contributed by atoms with Crippen LogP contribution >= 0.6 is 0 Å². The van der Waals surface area contributed by atoms with Crippen molar-refractivity contribution in [3.05, 3.63) is 35.4 Å². The second-order valence-corrected chi connectivity index (χ2v) is 4.27. The second kappa shape index (κ2) is 5.80. The highest BCUT2D eigenvalue weighted by molar-refractivity contribution is 5.96. The van der Waals surface area contributed by atoms with E-state index in [0.29, 0.717) is 0 Å².